The highest BCUT2D eigenvalue weighted by atomic mass is 16.7. The van der Waals surface area contributed by atoms with Gasteiger partial charge in [-0.15, -0.1) is 6.58 Å². The van der Waals surface area contributed by atoms with E-state index in [4.69, 9.17) is 4.84 Å². The van der Waals surface area contributed by atoms with Gasteiger partial charge in [0.25, 0.3) is 5.91 Å². The minimum atomic E-state index is -0.451. The summed E-state index contributed by atoms with van der Waals surface area (Å²) >= 11 is 0. The molecule has 2 fully saturated rings. The van der Waals surface area contributed by atoms with Crippen molar-refractivity contribution in [1.29, 1.82) is 0 Å². The summed E-state index contributed by atoms with van der Waals surface area (Å²) < 4.78 is 0. The number of nitrogens with zero attached hydrogens (tertiary/aromatic N) is 1. The Kier molecular flexibility index (Phi) is 2.25. The van der Waals surface area contributed by atoms with E-state index in [9.17, 15) is 9.59 Å². The third kappa shape index (κ3) is 1.39. The second-order valence-electron chi connectivity index (χ2n) is 3.54. The smallest absolute Gasteiger partial charge is 0.268 e. The summed E-state index contributed by atoms with van der Waals surface area (Å²) in [7, 11) is 0. The lowest BCUT2D eigenvalue weighted by atomic mass is 10.1. The van der Waals surface area contributed by atoms with E-state index in [1.54, 1.807) is 11.0 Å². The summed E-state index contributed by atoms with van der Waals surface area (Å²) in [4.78, 5) is 29.1. The van der Waals surface area contributed by atoms with Crippen molar-refractivity contribution in [2.75, 3.05) is 13.2 Å². The molecule has 5 nitrogen and oxygen atoms in total. The molecule has 0 aromatic rings. The van der Waals surface area contributed by atoms with Crippen LogP contribution in [0.25, 0.3) is 0 Å². The molecule has 0 spiro atoms. The molecule has 0 saturated carbocycles. The minimum absolute atomic E-state index is 0.000509. The first-order valence-corrected chi connectivity index (χ1v) is 4.56. The Morgan fingerprint density at radius 1 is 1.57 bits per heavy atom. The van der Waals surface area contributed by atoms with Crippen LogP contribution in [-0.2, 0) is 14.4 Å². The maximum atomic E-state index is 11.5. The molecule has 5 heteroatoms. The van der Waals surface area contributed by atoms with Crippen LogP contribution in [0.5, 0.6) is 0 Å². The highest BCUT2D eigenvalue weighted by Crippen LogP contribution is 2.22. The molecule has 2 aliphatic rings. The molecular weight excluding hydrogens is 184 g/mol. The van der Waals surface area contributed by atoms with Crippen molar-refractivity contribution in [1.82, 2.24) is 10.4 Å². The Bertz CT molecular complexity index is 290. The quantitative estimate of drug-likeness (QED) is 0.603. The van der Waals surface area contributed by atoms with Crippen LogP contribution in [0, 0.1) is 5.92 Å². The van der Waals surface area contributed by atoms with E-state index in [0.717, 1.165) is 0 Å². The highest BCUT2D eigenvalue weighted by Gasteiger charge is 2.39. The van der Waals surface area contributed by atoms with Gasteiger partial charge in [-0.05, 0) is 0 Å². The molecule has 0 aromatic carbocycles. The van der Waals surface area contributed by atoms with Crippen LogP contribution in [0.4, 0.5) is 0 Å². The average molecular weight is 196 g/mol. The van der Waals surface area contributed by atoms with E-state index in [0.29, 0.717) is 13.0 Å². The molecule has 2 saturated heterocycles. The van der Waals surface area contributed by atoms with Gasteiger partial charge in [-0.2, -0.15) is 0 Å². The number of hydrogen-bond acceptors (Lipinski definition) is 3. The average Bonchev–Trinajstić information content (AvgIpc) is 2.72. The standard InChI is InChI=1S/C9H12N2O3/c1-2-6-3-8(12)11(4-6)7-5-14-10-9(7)13/h2,6-7H,1,3-5H2,(H,10,13). The highest BCUT2D eigenvalue weighted by molar-refractivity contribution is 5.89. The molecule has 0 bridgehead atoms. The lowest BCUT2D eigenvalue weighted by Crippen LogP contribution is -2.43. The van der Waals surface area contributed by atoms with Gasteiger partial charge in [-0.1, -0.05) is 6.08 Å². The van der Waals surface area contributed by atoms with E-state index in [1.165, 1.54) is 0 Å². The first-order valence-electron chi connectivity index (χ1n) is 4.56. The van der Waals surface area contributed by atoms with E-state index in [1.807, 2.05) is 0 Å². The van der Waals surface area contributed by atoms with Crippen molar-refractivity contribution in [3.8, 4) is 0 Å². The Morgan fingerprint density at radius 2 is 2.36 bits per heavy atom. The van der Waals surface area contributed by atoms with Gasteiger partial charge in [-0.3, -0.25) is 14.4 Å². The molecule has 0 aliphatic carbocycles. The fourth-order valence-corrected chi connectivity index (χ4v) is 1.79. The van der Waals surface area contributed by atoms with Gasteiger partial charge in [-0.25, -0.2) is 5.48 Å². The Labute approximate surface area is 81.7 Å². The number of hydroxylamine groups is 1. The zero-order valence-corrected chi connectivity index (χ0v) is 7.73. The number of nitrogens with one attached hydrogen (secondary N) is 1. The largest absolute Gasteiger partial charge is 0.327 e. The number of hydrogen-bond donors (Lipinski definition) is 1. The van der Waals surface area contributed by atoms with E-state index in [-0.39, 0.29) is 24.3 Å². The van der Waals surface area contributed by atoms with E-state index < -0.39 is 6.04 Å². The van der Waals surface area contributed by atoms with Gasteiger partial charge in [0.1, 0.15) is 12.6 Å². The normalized spacial score (nSPS) is 32.1. The van der Waals surface area contributed by atoms with Crippen LogP contribution < -0.4 is 5.48 Å². The molecule has 76 valence electrons. The van der Waals surface area contributed by atoms with Crippen LogP contribution in [-0.4, -0.2) is 35.9 Å². The molecule has 2 rings (SSSR count). The fraction of sp³-hybridized carbons (Fsp3) is 0.556. The van der Waals surface area contributed by atoms with Gasteiger partial charge in [0, 0.05) is 18.9 Å². The van der Waals surface area contributed by atoms with Gasteiger partial charge in [0.15, 0.2) is 0 Å². The lowest BCUT2D eigenvalue weighted by molar-refractivity contribution is -0.135. The molecule has 2 aliphatic heterocycles. The van der Waals surface area contributed by atoms with Crippen molar-refractivity contribution in [3.63, 3.8) is 0 Å². The third-order valence-electron chi connectivity index (χ3n) is 2.61. The summed E-state index contributed by atoms with van der Waals surface area (Å²) in [5, 5.41) is 0. The fourth-order valence-electron chi connectivity index (χ4n) is 1.79. The first kappa shape index (κ1) is 9.21. The van der Waals surface area contributed by atoms with Gasteiger partial charge < -0.3 is 4.90 Å². The molecule has 0 radical (unpaired) electrons. The minimum Gasteiger partial charge on any atom is -0.327 e. The topological polar surface area (TPSA) is 58.6 Å². The van der Waals surface area contributed by atoms with Gasteiger partial charge >= 0.3 is 0 Å². The van der Waals surface area contributed by atoms with Gasteiger partial charge in [0.05, 0.1) is 0 Å². The number of likely N-dealkylation sites (tertiary alicyclic amines) is 1. The van der Waals surface area contributed by atoms with Crippen molar-refractivity contribution in [2.45, 2.75) is 12.5 Å². The number of carbonyl (C=O) groups is 2. The SMILES string of the molecule is C=CC1CC(=O)N(C2CONC2=O)C1. The molecule has 2 unspecified atom stereocenters. The molecule has 2 atom stereocenters. The first-order chi connectivity index (χ1) is 6.72. The van der Waals surface area contributed by atoms with Crippen molar-refractivity contribution >= 4 is 11.8 Å². The Balaban J connectivity index is 2.07. The second kappa shape index (κ2) is 3.42. The van der Waals surface area contributed by atoms with Gasteiger partial charge in [0.2, 0.25) is 5.91 Å². The molecular formula is C9H12N2O3. The second-order valence-corrected chi connectivity index (χ2v) is 3.54. The van der Waals surface area contributed by atoms with Crippen LogP contribution in [0.1, 0.15) is 6.42 Å². The predicted octanol–water partition coefficient (Wildman–Crippen LogP) is -0.549. The zero-order valence-electron chi connectivity index (χ0n) is 7.73. The molecule has 2 heterocycles. The molecule has 1 N–H and O–H groups in total. The molecule has 2 amide bonds. The predicted molar refractivity (Wildman–Crippen MR) is 47.9 cm³/mol. The van der Waals surface area contributed by atoms with Crippen LogP contribution in [0.2, 0.25) is 0 Å². The van der Waals surface area contributed by atoms with E-state index >= 15 is 0 Å². The third-order valence-corrected chi connectivity index (χ3v) is 2.61. The summed E-state index contributed by atoms with van der Waals surface area (Å²) in [5.41, 5.74) is 2.24. The summed E-state index contributed by atoms with van der Waals surface area (Å²) in [5.74, 6) is -0.0699. The Hall–Kier alpha value is -1.36. The monoisotopic (exact) mass is 196 g/mol. The summed E-state index contributed by atoms with van der Waals surface area (Å²) in [6.45, 7) is 4.46. The van der Waals surface area contributed by atoms with E-state index in [2.05, 4.69) is 12.1 Å². The zero-order chi connectivity index (χ0) is 10.1. The Morgan fingerprint density at radius 3 is 2.86 bits per heavy atom. The lowest BCUT2D eigenvalue weighted by Gasteiger charge is -2.19. The van der Waals surface area contributed by atoms with Crippen molar-refractivity contribution in [3.05, 3.63) is 12.7 Å². The molecule has 14 heavy (non-hydrogen) atoms. The van der Waals surface area contributed by atoms with Crippen molar-refractivity contribution < 1.29 is 14.4 Å². The summed E-state index contributed by atoms with van der Waals surface area (Å²) in [6, 6.07) is -0.451. The number of rotatable bonds is 2. The maximum Gasteiger partial charge on any atom is 0.268 e. The van der Waals surface area contributed by atoms with Crippen LogP contribution in [0.15, 0.2) is 12.7 Å². The number of carbonyl (C=O) groups excluding carboxylic acids is 2. The maximum absolute atomic E-state index is 11.5. The van der Waals surface area contributed by atoms with Crippen LogP contribution in [0.3, 0.4) is 0 Å². The molecule has 0 aromatic heterocycles. The van der Waals surface area contributed by atoms with Crippen LogP contribution >= 0.6 is 0 Å². The summed E-state index contributed by atoms with van der Waals surface area (Å²) in [6.07, 6.45) is 2.21. The number of amides is 2. The van der Waals surface area contributed by atoms with Crippen molar-refractivity contribution in [2.24, 2.45) is 5.92 Å².